The molecule has 0 unspecified atom stereocenters. The van der Waals surface area contributed by atoms with Gasteiger partial charge < -0.3 is 14.2 Å². The van der Waals surface area contributed by atoms with Gasteiger partial charge in [-0.3, -0.25) is 4.79 Å². The number of para-hydroxylation sites is 1. The molecule has 0 saturated carbocycles. The van der Waals surface area contributed by atoms with E-state index in [0.717, 1.165) is 0 Å². The van der Waals surface area contributed by atoms with E-state index in [9.17, 15) is 18.8 Å². The molecule has 0 aliphatic carbocycles. The zero-order chi connectivity index (χ0) is 23.8. The van der Waals surface area contributed by atoms with Crippen LogP contribution < -0.4 is 9.47 Å². The van der Waals surface area contributed by atoms with Gasteiger partial charge >= 0.3 is 12.1 Å². The number of rotatable bonds is 9. The van der Waals surface area contributed by atoms with Gasteiger partial charge in [0, 0.05) is 5.56 Å². The topological polar surface area (TPSA) is 68.5 Å². The number of carbonyl (C=O) groups excluding carboxylic acids is 1. The summed E-state index contributed by atoms with van der Waals surface area (Å²) >= 11 is 0. The van der Waals surface area contributed by atoms with Gasteiger partial charge in [-0.15, -0.1) is 0 Å². The normalized spacial score (nSPS) is 12.0. The lowest BCUT2D eigenvalue weighted by atomic mass is 10.1. The molecule has 0 aliphatic rings. The smallest absolute Gasteiger partial charge is 0.400 e. The molecule has 0 spiro atoms. The van der Waals surface area contributed by atoms with Crippen LogP contribution in [-0.2, 0) is 16.0 Å². The Morgan fingerprint density at radius 1 is 0.939 bits per heavy atom. The minimum absolute atomic E-state index is 0.00375. The summed E-state index contributed by atoms with van der Waals surface area (Å²) in [5, 5.41) is 9.51. The minimum atomic E-state index is -3.29. The Morgan fingerprint density at radius 2 is 1.61 bits per heavy atom. The van der Waals surface area contributed by atoms with Gasteiger partial charge in [0.25, 0.3) is 0 Å². The summed E-state index contributed by atoms with van der Waals surface area (Å²) in [4.78, 5) is 12.4. The van der Waals surface area contributed by atoms with E-state index in [0.29, 0.717) is 22.6 Å². The van der Waals surface area contributed by atoms with Crippen LogP contribution in [0.4, 0.5) is 8.78 Å². The molecule has 7 heteroatoms. The van der Waals surface area contributed by atoms with Crippen molar-refractivity contribution in [3.63, 3.8) is 0 Å². The van der Waals surface area contributed by atoms with Crippen molar-refractivity contribution in [1.82, 2.24) is 0 Å². The Labute approximate surface area is 191 Å². The summed E-state index contributed by atoms with van der Waals surface area (Å²) in [5.74, 6) is -0.470. The molecule has 0 bridgehead atoms. The van der Waals surface area contributed by atoms with Gasteiger partial charge in [0.05, 0.1) is 12.3 Å². The van der Waals surface area contributed by atoms with Crippen molar-refractivity contribution in [2.24, 2.45) is 5.92 Å². The van der Waals surface area contributed by atoms with Crippen LogP contribution in [-0.4, -0.2) is 12.1 Å². The van der Waals surface area contributed by atoms with E-state index in [2.05, 4.69) is 0 Å². The lowest BCUT2D eigenvalue weighted by Crippen LogP contribution is -2.31. The Balaban J connectivity index is 1.61. The number of ether oxygens (including phenoxy) is 3. The summed E-state index contributed by atoms with van der Waals surface area (Å²) in [6, 6.07) is 23.6. The molecule has 3 aromatic rings. The number of benzene rings is 3. The van der Waals surface area contributed by atoms with Gasteiger partial charge in [-0.05, 0) is 42.0 Å². The lowest BCUT2D eigenvalue weighted by molar-refractivity contribution is -0.207. The van der Waals surface area contributed by atoms with Crippen molar-refractivity contribution >= 4 is 5.97 Å². The van der Waals surface area contributed by atoms with E-state index in [1.54, 1.807) is 36.4 Å². The molecule has 0 amide bonds. The highest BCUT2D eigenvalue weighted by molar-refractivity contribution is 5.73. The highest BCUT2D eigenvalue weighted by Gasteiger charge is 2.36. The molecule has 0 fully saturated rings. The molecule has 33 heavy (non-hydrogen) atoms. The fraction of sp³-hybridized carbons (Fsp3) is 0.231. The number of alkyl halides is 2. The van der Waals surface area contributed by atoms with Crippen LogP contribution in [0, 0.1) is 17.2 Å². The van der Waals surface area contributed by atoms with Gasteiger partial charge in [0.1, 0.15) is 23.3 Å². The molecule has 0 N–H and O–H groups in total. The molecule has 3 rings (SSSR count). The monoisotopic (exact) mass is 451 g/mol. The van der Waals surface area contributed by atoms with Crippen LogP contribution in [0.25, 0.3) is 0 Å². The number of nitriles is 1. The lowest BCUT2D eigenvalue weighted by Gasteiger charge is -2.21. The molecular weight excluding hydrogens is 428 g/mol. The van der Waals surface area contributed by atoms with E-state index in [4.69, 9.17) is 14.2 Å². The van der Waals surface area contributed by atoms with Crippen molar-refractivity contribution in [1.29, 1.82) is 5.26 Å². The van der Waals surface area contributed by atoms with Gasteiger partial charge in [-0.25, -0.2) is 0 Å². The van der Waals surface area contributed by atoms with Gasteiger partial charge in [-0.1, -0.05) is 56.3 Å². The molecule has 3 aromatic carbocycles. The SMILES string of the molecule is CC(C)C(F)(F)Oc1ccc(CC(=O)O[C@H](C#N)c2cccc(Oc3ccccc3)c2)cc1. The largest absolute Gasteiger partial charge is 0.457 e. The Hall–Kier alpha value is -3.92. The molecule has 0 aromatic heterocycles. The third kappa shape index (κ3) is 6.78. The van der Waals surface area contributed by atoms with Crippen LogP contribution in [0.15, 0.2) is 78.9 Å². The van der Waals surface area contributed by atoms with Gasteiger partial charge in [0.15, 0.2) is 0 Å². The van der Waals surface area contributed by atoms with Crippen molar-refractivity contribution in [2.45, 2.75) is 32.5 Å². The van der Waals surface area contributed by atoms with E-state index in [-0.39, 0.29) is 12.2 Å². The van der Waals surface area contributed by atoms with Crippen molar-refractivity contribution < 1.29 is 27.8 Å². The number of hydrogen-bond acceptors (Lipinski definition) is 5. The summed E-state index contributed by atoms with van der Waals surface area (Å²) in [6.45, 7) is 2.72. The molecule has 0 saturated heterocycles. The molecule has 0 radical (unpaired) electrons. The summed E-state index contributed by atoms with van der Waals surface area (Å²) < 4.78 is 43.2. The average molecular weight is 451 g/mol. The average Bonchev–Trinajstić information content (AvgIpc) is 2.79. The molecule has 170 valence electrons. The predicted octanol–water partition coefficient (Wildman–Crippen LogP) is 6.46. The summed E-state index contributed by atoms with van der Waals surface area (Å²) in [6.07, 6.45) is -4.54. The zero-order valence-corrected chi connectivity index (χ0v) is 18.2. The van der Waals surface area contributed by atoms with Crippen LogP contribution in [0.3, 0.4) is 0 Å². The van der Waals surface area contributed by atoms with Crippen LogP contribution in [0.5, 0.6) is 17.2 Å². The van der Waals surface area contributed by atoms with E-state index in [1.807, 2.05) is 24.3 Å². The second-order valence-electron chi connectivity index (χ2n) is 7.63. The first kappa shape index (κ1) is 23.7. The first-order valence-corrected chi connectivity index (χ1v) is 10.3. The van der Waals surface area contributed by atoms with E-state index < -0.39 is 24.1 Å². The van der Waals surface area contributed by atoms with Crippen molar-refractivity contribution in [3.05, 3.63) is 90.0 Å². The van der Waals surface area contributed by atoms with Crippen molar-refractivity contribution in [2.75, 3.05) is 0 Å². The third-order valence-electron chi connectivity index (χ3n) is 4.70. The minimum Gasteiger partial charge on any atom is -0.457 e. The fourth-order valence-corrected chi connectivity index (χ4v) is 2.82. The van der Waals surface area contributed by atoms with E-state index >= 15 is 0 Å². The van der Waals surface area contributed by atoms with Crippen LogP contribution >= 0.6 is 0 Å². The number of carbonyl (C=O) groups is 1. The second kappa shape index (κ2) is 10.6. The van der Waals surface area contributed by atoms with E-state index in [1.165, 1.54) is 38.1 Å². The van der Waals surface area contributed by atoms with Gasteiger partial charge in [-0.2, -0.15) is 14.0 Å². The van der Waals surface area contributed by atoms with Crippen LogP contribution in [0.2, 0.25) is 0 Å². The Kier molecular flexibility index (Phi) is 7.62. The summed E-state index contributed by atoms with van der Waals surface area (Å²) in [5.41, 5.74) is 1.01. The molecular formula is C26H23F2NO4. The highest BCUT2D eigenvalue weighted by atomic mass is 19.3. The standard InChI is InChI=1S/C26H23F2NO4/c1-18(2)26(27,28)33-22-13-11-19(12-14-22)15-25(30)32-24(17-29)20-7-6-10-23(16-20)31-21-8-4-3-5-9-21/h3-14,16,18,24H,15H2,1-2H3/t24-/m1/s1. The predicted molar refractivity (Wildman–Crippen MR) is 118 cm³/mol. The number of esters is 1. The third-order valence-corrected chi connectivity index (χ3v) is 4.70. The first-order valence-electron chi connectivity index (χ1n) is 10.3. The second-order valence-corrected chi connectivity index (χ2v) is 7.63. The number of hydrogen-bond donors (Lipinski definition) is 0. The molecule has 0 aliphatic heterocycles. The molecule has 0 heterocycles. The maximum absolute atomic E-state index is 13.7. The number of nitrogens with zero attached hydrogens (tertiary/aromatic N) is 1. The highest BCUT2D eigenvalue weighted by Crippen LogP contribution is 2.29. The zero-order valence-electron chi connectivity index (χ0n) is 18.2. The quantitative estimate of drug-likeness (QED) is 0.349. The summed E-state index contributed by atoms with van der Waals surface area (Å²) in [7, 11) is 0. The molecule has 5 nitrogen and oxygen atoms in total. The fourth-order valence-electron chi connectivity index (χ4n) is 2.82. The first-order chi connectivity index (χ1) is 15.8. The Morgan fingerprint density at radius 3 is 2.24 bits per heavy atom. The van der Waals surface area contributed by atoms with Crippen LogP contribution in [0.1, 0.15) is 31.1 Å². The maximum atomic E-state index is 13.7. The molecule has 1 atom stereocenters. The van der Waals surface area contributed by atoms with Crippen molar-refractivity contribution in [3.8, 4) is 23.3 Å². The van der Waals surface area contributed by atoms with Gasteiger partial charge in [0.2, 0.25) is 6.10 Å². The Bertz CT molecular complexity index is 1110. The maximum Gasteiger partial charge on any atom is 0.400 e. The number of halogens is 2.